The molecule has 1 aliphatic rings. The molecule has 3 aromatic rings. The van der Waals surface area contributed by atoms with Gasteiger partial charge in [0.1, 0.15) is 5.82 Å². The molecular formula is C22H21FN6O. The highest BCUT2D eigenvalue weighted by Crippen LogP contribution is 2.48. The number of nitrogen functional groups attached to an aromatic ring is 2. The van der Waals surface area contributed by atoms with E-state index in [0.29, 0.717) is 39.8 Å². The lowest BCUT2D eigenvalue weighted by Crippen LogP contribution is -2.16. The topological polar surface area (TPSA) is 131 Å². The second kappa shape index (κ2) is 7.26. The summed E-state index contributed by atoms with van der Waals surface area (Å²) in [6, 6.07) is 5.43. The molecular weight excluding hydrogens is 383 g/mol. The molecule has 2 heterocycles. The summed E-state index contributed by atoms with van der Waals surface area (Å²) in [5, 5.41) is 12.7. The maximum absolute atomic E-state index is 15.0. The van der Waals surface area contributed by atoms with Gasteiger partial charge in [-0.15, -0.1) is 0 Å². The summed E-state index contributed by atoms with van der Waals surface area (Å²) >= 11 is 0. The maximum Gasteiger partial charge on any atom is 0.229 e. The molecule has 1 fully saturated rings. The minimum atomic E-state index is -0.567. The quantitative estimate of drug-likeness (QED) is 0.569. The smallest absolute Gasteiger partial charge is 0.229 e. The number of pyridine rings is 2. The molecule has 0 spiro atoms. The van der Waals surface area contributed by atoms with Crippen molar-refractivity contribution in [1.82, 2.24) is 9.97 Å². The largest absolute Gasteiger partial charge is 0.397 e. The molecule has 0 saturated heterocycles. The first-order valence-corrected chi connectivity index (χ1v) is 9.59. The van der Waals surface area contributed by atoms with Crippen LogP contribution in [0.3, 0.4) is 0 Å². The zero-order valence-electron chi connectivity index (χ0n) is 16.6. The highest BCUT2D eigenvalue weighted by Gasteiger charge is 2.51. The van der Waals surface area contributed by atoms with Crippen molar-refractivity contribution in [3.05, 3.63) is 42.1 Å². The van der Waals surface area contributed by atoms with Crippen molar-refractivity contribution in [2.75, 3.05) is 16.8 Å². The monoisotopic (exact) mass is 404 g/mol. The van der Waals surface area contributed by atoms with Crippen LogP contribution in [0.1, 0.15) is 18.9 Å². The van der Waals surface area contributed by atoms with E-state index in [-0.39, 0.29) is 34.9 Å². The number of aromatic nitrogens is 2. The molecule has 0 aliphatic heterocycles. The summed E-state index contributed by atoms with van der Waals surface area (Å²) in [7, 11) is 0. The normalized spacial score (nSPS) is 20.0. The molecule has 2 aromatic heterocycles. The van der Waals surface area contributed by atoms with Crippen LogP contribution in [0, 0.1) is 41.8 Å². The van der Waals surface area contributed by atoms with Gasteiger partial charge in [0, 0.05) is 41.2 Å². The number of nitrogens with zero attached hydrogens (tertiary/aromatic N) is 3. The molecule has 3 atom stereocenters. The van der Waals surface area contributed by atoms with Gasteiger partial charge in [0.25, 0.3) is 0 Å². The van der Waals surface area contributed by atoms with Crippen molar-refractivity contribution >= 4 is 33.9 Å². The lowest BCUT2D eigenvalue weighted by molar-refractivity contribution is -0.117. The van der Waals surface area contributed by atoms with Gasteiger partial charge < -0.3 is 16.8 Å². The standard InChI is InChI=1S/C22H21FN6O/c1-10-15(7-27-9-17(10)25)14-5-12-6-18(28-8-16(12)21(26)20(14)23)29-22(30)19-11(2)13(19)3-4-24/h5-9,11,13,19H,3,25-26H2,1-2H3,(H,28,29,30)/t11-,13-,19-/m0/s1. The van der Waals surface area contributed by atoms with Crippen molar-refractivity contribution in [2.45, 2.75) is 20.3 Å². The first-order valence-electron chi connectivity index (χ1n) is 9.59. The molecule has 4 rings (SSSR count). The summed E-state index contributed by atoms with van der Waals surface area (Å²) in [4.78, 5) is 20.8. The van der Waals surface area contributed by atoms with E-state index in [2.05, 4.69) is 21.4 Å². The fraction of sp³-hybridized carbons (Fsp3) is 0.273. The molecule has 1 saturated carbocycles. The number of amides is 1. The third-order valence-electron chi connectivity index (χ3n) is 5.99. The number of nitrogens with one attached hydrogen (secondary N) is 1. The van der Waals surface area contributed by atoms with Gasteiger partial charge in [-0.3, -0.25) is 9.78 Å². The third-order valence-corrected chi connectivity index (χ3v) is 5.99. The highest BCUT2D eigenvalue weighted by atomic mass is 19.1. The van der Waals surface area contributed by atoms with E-state index in [9.17, 15) is 9.18 Å². The summed E-state index contributed by atoms with van der Waals surface area (Å²) in [5.74, 6) is -0.339. The summed E-state index contributed by atoms with van der Waals surface area (Å²) < 4.78 is 15.0. The van der Waals surface area contributed by atoms with Gasteiger partial charge in [0.05, 0.1) is 23.6 Å². The van der Waals surface area contributed by atoms with E-state index in [4.69, 9.17) is 16.7 Å². The number of hydrogen-bond donors (Lipinski definition) is 3. The van der Waals surface area contributed by atoms with Gasteiger partial charge in [0.15, 0.2) is 5.82 Å². The van der Waals surface area contributed by atoms with E-state index in [1.165, 1.54) is 12.4 Å². The van der Waals surface area contributed by atoms with Crippen LogP contribution in [-0.2, 0) is 4.79 Å². The Morgan fingerprint density at radius 2 is 2.03 bits per heavy atom. The van der Waals surface area contributed by atoms with Crippen molar-refractivity contribution in [3.8, 4) is 17.2 Å². The molecule has 1 aromatic carbocycles. The summed E-state index contributed by atoms with van der Waals surface area (Å²) in [6.07, 6.45) is 4.86. The zero-order valence-corrected chi connectivity index (χ0v) is 16.6. The Bertz CT molecular complexity index is 1220. The molecule has 1 aliphatic carbocycles. The van der Waals surface area contributed by atoms with Crippen LogP contribution in [0.2, 0.25) is 0 Å². The number of nitrogens with two attached hydrogens (primary N) is 2. The Balaban J connectivity index is 1.71. The number of carbonyl (C=O) groups excluding carboxylic acids is 1. The van der Waals surface area contributed by atoms with Gasteiger partial charge >= 0.3 is 0 Å². The fourth-order valence-corrected chi connectivity index (χ4v) is 3.98. The van der Waals surface area contributed by atoms with Crippen molar-refractivity contribution < 1.29 is 9.18 Å². The van der Waals surface area contributed by atoms with Gasteiger partial charge in [-0.2, -0.15) is 5.26 Å². The van der Waals surface area contributed by atoms with E-state index in [1.807, 2.05) is 6.92 Å². The molecule has 1 amide bonds. The van der Waals surface area contributed by atoms with Crippen LogP contribution in [0.4, 0.5) is 21.6 Å². The Kier molecular flexibility index (Phi) is 4.74. The van der Waals surface area contributed by atoms with Gasteiger partial charge in [0.2, 0.25) is 5.91 Å². The molecule has 0 bridgehead atoms. The predicted octanol–water partition coefficient (Wildman–Crippen LogP) is 3.64. The average molecular weight is 404 g/mol. The van der Waals surface area contributed by atoms with Crippen molar-refractivity contribution in [2.24, 2.45) is 17.8 Å². The molecule has 152 valence electrons. The van der Waals surface area contributed by atoms with Crippen LogP contribution >= 0.6 is 0 Å². The Labute approximate surface area is 172 Å². The fourth-order valence-electron chi connectivity index (χ4n) is 3.98. The van der Waals surface area contributed by atoms with Crippen molar-refractivity contribution in [1.29, 1.82) is 5.26 Å². The Morgan fingerprint density at radius 1 is 1.27 bits per heavy atom. The van der Waals surface area contributed by atoms with Crippen LogP contribution in [0.5, 0.6) is 0 Å². The lowest BCUT2D eigenvalue weighted by Gasteiger charge is -2.13. The van der Waals surface area contributed by atoms with Gasteiger partial charge in [-0.25, -0.2) is 9.37 Å². The van der Waals surface area contributed by atoms with Gasteiger partial charge in [-0.05, 0) is 41.8 Å². The number of fused-ring (bicyclic) bond motifs is 1. The SMILES string of the molecule is Cc1c(N)cncc1-c1cc2cc(NC(=O)[C@H]3[C@@H](C)[C@@H]3CC#N)ncc2c(N)c1F. The van der Waals surface area contributed by atoms with E-state index in [0.717, 1.165) is 0 Å². The van der Waals surface area contributed by atoms with Crippen LogP contribution in [0.15, 0.2) is 30.7 Å². The minimum absolute atomic E-state index is 0.0281. The number of benzene rings is 1. The zero-order chi connectivity index (χ0) is 21.6. The first kappa shape index (κ1) is 19.6. The molecule has 0 unspecified atom stereocenters. The molecule has 7 nitrogen and oxygen atoms in total. The Morgan fingerprint density at radius 3 is 2.77 bits per heavy atom. The van der Waals surface area contributed by atoms with Crippen LogP contribution in [-0.4, -0.2) is 15.9 Å². The number of halogens is 1. The molecule has 5 N–H and O–H groups in total. The minimum Gasteiger partial charge on any atom is -0.397 e. The van der Waals surface area contributed by atoms with E-state index in [1.54, 1.807) is 25.3 Å². The van der Waals surface area contributed by atoms with E-state index >= 15 is 0 Å². The molecule has 8 heteroatoms. The number of anilines is 3. The molecule has 0 radical (unpaired) electrons. The van der Waals surface area contributed by atoms with Gasteiger partial charge in [-0.1, -0.05) is 6.92 Å². The highest BCUT2D eigenvalue weighted by molar-refractivity contribution is 6.00. The average Bonchev–Trinajstić information content (AvgIpc) is 3.36. The van der Waals surface area contributed by atoms with E-state index < -0.39 is 5.82 Å². The second-order valence-electron chi connectivity index (χ2n) is 7.74. The van der Waals surface area contributed by atoms with Crippen molar-refractivity contribution in [3.63, 3.8) is 0 Å². The number of hydrogen-bond acceptors (Lipinski definition) is 6. The first-order chi connectivity index (χ1) is 14.3. The molecule has 30 heavy (non-hydrogen) atoms. The van der Waals surface area contributed by atoms with Crippen LogP contribution in [0.25, 0.3) is 21.9 Å². The van der Waals surface area contributed by atoms with Crippen LogP contribution < -0.4 is 16.8 Å². The summed E-state index contributed by atoms with van der Waals surface area (Å²) in [5.41, 5.74) is 13.9. The third kappa shape index (κ3) is 3.18. The maximum atomic E-state index is 15.0. The number of rotatable bonds is 4. The predicted molar refractivity (Wildman–Crippen MR) is 113 cm³/mol. The summed E-state index contributed by atoms with van der Waals surface area (Å²) in [6.45, 7) is 3.75. The number of nitriles is 1. The second-order valence-corrected chi connectivity index (χ2v) is 7.74. The Hall–Kier alpha value is -3.73. The number of carbonyl (C=O) groups is 1. The lowest BCUT2D eigenvalue weighted by atomic mass is 9.97.